The molecule has 33 heavy (non-hydrogen) atoms. The summed E-state index contributed by atoms with van der Waals surface area (Å²) >= 11 is 0. The number of aryl methyl sites for hydroxylation is 4. The van der Waals surface area contributed by atoms with Gasteiger partial charge in [-0.15, -0.1) is 0 Å². The first-order chi connectivity index (χ1) is 15.6. The first kappa shape index (κ1) is 22.7. The van der Waals surface area contributed by atoms with Crippen molar-refractivity contribution in [3.8, 4) is 33.8 Å². The first-order valence-electron chi connectivity index (χ1n) is 11.4. The third-order valence-electron chi connectivity index (χ3n) is 6.86. The van der Waals surface area contributed by atoms with E-state index in [0.717, 1.165) is 44.5 Å². The van der Waals surface area contributed by atoms with Gasteiger partial charge >= 0.3 is 0 Å². The number of para-hydroxylation sites is 2. The fraction of sp³-hybridized carbons (Fsp3) is 0.226. The highest BCUT2D eigenvalue weighted by atomic mass is 16.3. The van der Waals surface area contributed by atoms with Gasteiger partial charge in [0.1, 0.15) is 11.5 Å². The molecule has 2 nitrogen and oxygen atoms in total. The Bertz CT molecular complexity index is 1200. The van der Waals surface area contributed by atoms with Crippen LogP contribution >= 0.6 is 0 Å². The molecule has 0 aromatic heterocycles. The quantitative estimate of drug-likeness (QED) is 0.340. The molecule has 0 saturated carbocycles. The second kappa shape index (κ2) is 8.44. The largest absolute Gasteiger partial charge is 0.507 e. The summed E-state index contributed by atoms with van der Waals surface area (Å²) in [5.41, 5.74) is 10.8. The van der Waals surface area contributed by atoms with Crippen molar-refractivity contribution in [2.24, 2.45) is 0 Å². The van der Waals surface area contributed by atoms with E-state index in [1.165, 1.54) is 11.1 Å². The number of phenolic OH excluding ortho intramolecular Hbond substituents is 2. The second-order valence-corrected chi connectivity index (χ2v) is 9.63. The third kappa shape index (κ3) is 4.02. The highest BCUT2D eigenvalue weighted by Gasteiger charge is 2.26. The van der Waals surface area contributed by atoms with E-state index in [0.29, 0.717) is 11.5 Å². The lowest BCUT2D eigenvalue weighted by molar-refractivity contribution is 0.476. The summed E-state index contributed by atoms with van der Waals surface area (Å²) in [5.74, 6) is 0.614. The maximum atomic E-state index is 10.4. The normalized spacial score (nSPS) is 11.6. The lowest BCUT2D eigenvalue weighted by Gasteiger charge is -2.29. The van der Waals surface area contributed by atoms with Gasteiger partial charge in [0.15, 0.2) is 0 Å². The van der Waals surface area contributed by atoms with Gasteiger partial charge in [0, 0.05) is 16.5 Å². The van der Waals surface area contributed by atoms with E-state index in [-0.39, 0.29) is 5.41 Å². The summed E-state index contributed by atoms with van der Waals surface area (Å²) in [6, 6.07) is 24.0. The Hall–Kier alpha value is -3.52. The zero-order valence-electron chi connectivity index (χ0n) is 20.3. The Morgan fingerprint density at radius 1 is 0.515 bits per heavy atom. The summed E-state index contributed by atoms with van der Waals surface area (Å²) in [5, 5.41) is 20.8. The predicted octanol–water partition coefficient (Wildman–Crippen LogP) is 7.99. The summed E-state index contributed by atoms with van der Waals surface area (Å²) in [4.78, 5) is 0. The van der Waals surface area contributed by atoms with Gasteiger partial charge in [-0.1, -0.05) is 74.5 Å². The van der Waals surface area contributed by atoms with Crippen LogP contribution in [0.15, 0.2) is 72.8 Å². The lowest BCUT2D eigenvalue weighted by Crippen LogP contribution is -2.20. The molecule has 0 aliphatic heterocycles. The van der Waals surface area contributed by atoms with Gasteiger partial charge in [-0.2, -0.15) is 0 Å². The molecule has 0 bridgehead atoms. The standard InChI is InChI=1S/C31H32O2/c1-19-15-23(16-20(2)29(19)25-11-7-9-13-27(25)32)31(5,6)24-17-21(3)30(22(4)18-24)26-12-8-10-14-28(26)33/h7-18,32-33H,1-6H3. The van der Waals surface area contributed by atoms with Crippen LogP contribution < -0.4 is 0 Å². The summed E-state index contributed by atoms with van der Waals surface area (Å²) in [6.45, 7) is 13.0. The summed E-state index contributed by atoms with van der Waals surface area (Å²) in [7, 11) is 0. The van der Waals surface area contributed by atoms with E-state index in [9.17, 15) is 10.2 Å². The van der Waals surface area contributed by atoms with Crippen LogP contribution in [0.25, 0.3) is 22.3 Å². The summed E-state index contributed by atoms with van der Waals surface area (Å²) in [6.07, 6.45) is 0. The van der Waals surface area contributed by atoms with Gasteiger partial charge in [0.25, 0.3) is 0 Å². The minimum Gasteiger partial charge on any atom is -0.507 e. The minimum absolute atomic E-state index is 0.209. The second-order valence-electron chi connectivity index (χ2n) is 9.63. The molecule has 0 aliphatic carbocycles. The molecule has 2 N–H and O–H groups in total. The smallest absolute Gasteiger partial charge is 0.123 e. The van der Waals surface area contributed by atoms with Crippen LogP contribution in [0.1, 0.15) is 47.2 Å². The van der Waals surface area contributed by atoms with Crippen molar-refractivity contribution in [1.82, 2.24) is 0 Å². The molecule has 168 valence electrons. The maximum Gasteiger partial charge on any atom is 0.123 e. The molecule has 0 aliphatic rings. The van der Waals surface area contributed by atoms with Gasteiger partial charge in [0.05, 0.1) is 0 Å². The molecular weight excluding hydrogens is 404 g/mol. The zero-order valence-corrected chi connectivity index (χ0v) is 20.3. The molecule has 0 heterocycles. The van der Waals surface area contributed by atoms with E-state index in [4.69, 9.17) is 0 Å². The molecule has 0 radical (unpaired) electrons. The molecule has 0 atom stereocenters. The molecule has 0 saturated heterocycles. The molecule has 2 heteroatoms. The number of rotatable bonds is 4. The third-order valence-corrected chi connectivity index (χ3v) is 6.86. The molecule has 0 spiro atoms. The van der Waals surface area contributed by atoms with Crippen molar-refractivity contribution >= 4 is 0 Å². The van der Waals surface area contributed by atoms with Gasteiger partial charge in [-0.25, -0.2) is 0 Å². The Labute approximate surface area is 197 Å². The highest BCUT2D eigenvalue weighted by Crippen LogP contribution is 2.41. The highest BCUT2D eigenvalue weighted by molar-refractivity contribution is 5.78. The SMILES string of the molecule is Cc1cc(C(C)(C)c2cc(C)c(-c3ccccc3O)c(C)c2)cc(C)c1-c1ccccc1O. The van der Waals surface area contributed by atoms with Crippen molar-refractivity contribution < 1.29 is 10.2 Å². The van der Waals surface area contributed by atoms with E-state index in [1.807, 2.05) is 36.4 Å². The summed E-state index contributed by atoms with van der Waals surface area (Å²) < 4.78 is 0. The van der Waals surface area contributed by atoms with Crippen LogP contribution in [0.5, 0.6) is 11.5 Å². The molecule has 0 amide bonds. The molecule has 0 unspecified atom stereocenters. The Kier molecular flexibility index (Phi) is 5.80. The van der Waals surface area contributed by atoms with Gasteiger partial charge in [-0.3, -0.25) is 0 Å². The van der Waals surface area contributed by atoms with Crippen LogP contribution in [-0.4, -0.2) is 10.2 Å². The van der Waals surface area contributed by atoms with Crippen molar-refractivity contribution in [3.05, 3.63) is 106 Å². The molecule has 4 aromatic carbocycles. The van der Waals surface area contributed by atoms with Crippen LogP contribution in [0.3, 0.4) is 0 Å². The molecular formula is C31H32O2. The van der Waals surface area contributed by atoms with Gasteiger partial charge in [-0.05, 0) is 84.3 Å². The lowest BCUT2D eigenvalue weighted by atomic mass is 9.74. The van der Waals surface area contributed by atoms with Crippen LogP contribution in [0, 0.1) is 27.7 Å². The Balaban J connectivity index is 1.81. The fourth-order valence-electron chi connectivity index (χ4n) is 5.04. The number of benzene rings is 4. The average molecular weight is 437 g/mol. The minimum atomic E-state index is -0.209. The average Bonchev–Trinajstić information content (AvgIpc) is 2.75. The van der Waals surface area contributed by atoms with Crippen molar-refractivity contribution in [2.75, 3.05) is 0 Å². The maximum absolute atomic E-state index is 10.4. The number of phenols is 2. The monoisotopic (exact) mass is 436 g/mol. The molecule has 4 rings (SSSR count). The van der Waals surface area contributed by atoms with Crippen molar-refractivity contribution in [3.63, 3.8) is 0 Å². The number of aromatic hydroxyl groups is 2. The van der Waals surface area contributed by atoms with E-state index in [2.05, 4.69) is 65.8 Å². The van der Waals surface area contributed by atoms with Crippen LogP contribution in [0.4, 0.5) is 0 Å². The number of hydrogen-bond acceptors (Lipinski definition) is 2. The van der Waals surface area contributed by atoms with Crippen LogP contribution in [0.2, 0.25) is 0 Å². The Morgan fingerprint density at radius 2 is 0.818 bits per heavy atom. The molecule has 4 aromatic rings. The Morgan fingerprint density at radius 3 is 1.12 bits per heavy atom. The van der Waals surface area contributed by atoms with Gasteiger partial charge in [0.2, 0.25) is 0 Å². The predicted molar refractivity (Wildman–Crippen MR) is 138 cm³/mol. The fourth-order valence-corrected chi connectivity index (χ4v) is 5.04. The van der Waals surface area contributed by atoms with E-state index >= 15 is 0 Å². The first-order valence-corrected chi connectivity index (χ1v) is 11.4. The number of hydrogen-bond donors (Lipinski definition) is 2. The van der Waals surface area contributed by atoms with Crippen molar-refractivity contribution in [1.29, 1.82) is 0 Å². The molecule has 0 fully saturated rings. The van der Waals surface area contributed by atoms with Crippen LogP contribution in [-0.2, 0) is 5.41 Å². The van der Waals surface area contributed by atoms with Crippen molar-refractivity contribution in [2.45, 2.75) is 47.0 Å². The zero-order chi connectivity index (χ0) is 23.9. The van der Waals surface area contributed by atoms with E-state index < -0.39 is 0 Å². The van der Waals surface area contributed by atoms with Gasteiger partial charge < -0.3 is 10.2 Å². The topological polar surface area (TPSA) is 40.5 Å². The van der Waals surface area contributed by atoms with E-state index in [1.54, 1.807) is 12.1 Å².